The predicted octanol–water partition coefficient (Wildman–Crippen LogP) is 2.27. The maximum absolute atomic E-state index is 12.1. The number of carbonyl (C=O) groups excluding carboxylic acids is 1. The fourth-order valence-electron chi connectivity index (χ4n) is 2.70. The van der Waals surface area contributed by atoms with Crippen molar-refractivity contribution in [3.63, 3.8) is 0 Å². The number of rotatable bonds is 6. The van der Waals surface area contributed by atoms with E-state index in [9.17, 15) is 4.79 Å². The van der Waals surface area contributed by atoms with Crippen molar-refractivity contribution in [1.82, 2.24) is 20.4 Å². The van der Waals surface area contributed by atoms with Crippen LogP contribution < -0.4 is 15.4 Å². The topological polar surface area (TPSA) is 68.2 Å². The van der Waals surface area contributed by atoms with Gasteiger partial charge in [0.1, 0.15) is 18.1 Å². The molecule has 7 heteroatoms. The van der Waals surface area contributed by atoms with Crippen LogP contribution in [0, 0.1) is 0 Å². The average molecular weight is 349 g/mol. The van der Waals surface area contributed by atoms with Gasteiger partial charge in [0.2, 0.25) is 0 Å². The Hall–Kier alpha value is -2.05. The summed E-state index contributed by atoms with van der Waals surface area (Å²) in [7, 11) is 0. The summed E-state index contributed by atoms with van der Waals surface area (Å²) in [6.45, 7) is 2.73. The molecule has 0 spiro atoms. The number of halogens is 1. The molecule has 1 amide bonds. The van der Waals surface area contributed by atoms with Crippen molar-refractivity contribution in [1.29, 1.82) is 0 Å². The van der Waals surface area contributed by atoms with Gasteiger partial charge in [0.05, 0.1) is 12.6 Å². The van der Waals surface area contributed by atoms with Crippen molar-refractivity contribution in [3.05, 3.63) is 47.2 Å². The highest BCUT2D eigenvalue weighted by Gasteiger charge is 2.17. The van der Waals surface area contributed by atoms with Gasteiger partial charge in [-0.05, 0) is 43.7 Å². The highest BCUT2D eigenvalue weighted by Crippen LogP contribution is 2.17. The van der Waals surface area contributed by atoms with Crippen molar-refractivity contribution in [2.45, 2.75) is 18.9 Å². The van der Waals surface area contributed by atoms with Crippen LogP contribution in [-0.2, 0) is 0 Å². The van der Waals surface area contributed by atoms with Crippen LogP contribution in [0.4, 0.5) is 0 Å². The molecule has 1 aromatic carbocycles. The van der Waals surface area contributed by atoms with Crippen LogP contribution in [0.3, 0.4) is 0 Å². The van der Waals surface area contributed by atoms with Gasteiger partial charge >= 0.3 is 0 Å². The van der Waals surface area contributed by atoms with Gasteiger partial charge < -0.3 is 15.4 Å². The molecule has 1 fully saturated rings. The maximum Gasteiger partial charge on any atom is 0.271 e. The van der Waals surface area contributed by atoms with Crippen LogP contribution in [0.15, 0.2) is 36.5 Å². The van der Waals surface area contributed by atoms with Crippen LogP contribution in [0.2, 0.25) is 5.02 Å². The number of hydrogen-bond donors (Lipinski definition) is 2. The SMILES string of the molecule is O=C(NCCOc1cccc(Cl)c1)c1ccn(C2CCCNC2)n1. The van der Waals surface area contributed by atoms with Gasteiger partial charge in [0.25, 0.3) is 5.91 Å². The zero-order valence-electron chi connectivity index (χ0n) is 13.4. The first-order valence-electron chi connectivity index (χ1n) is 8.15. The number of nitrogens with one attached hydrogen (secondary N) is 2. The maximum atomic E-state index is 12.1. The second kappa shape index (κ2) is 8.17. The number of amides is 1. The number of hydrogen-bond acceptors (Lipinski definition) is 4. The van der Waals surface area contributed by atoms with E-state index in [0.717, 1.165) is 25.9 Å². The monoisotopic (exact) mass is 348 g/mol. The largest absolute Gasteiger partial charge is 0.492 e. The lowest BCUT2D eigenvalue weighted by atomic mass is 10.1. The van der Waals surface area contributed by atoms with Gasteiger partial charge in [-0.1, -0.05) is 17.7 Å². The Bertz CT molecular complexity index is 683. The lowest BCUT2D eigenvalue weighted by molar-refractivity contribution is 0.0940. The average Bonchev–Trinajstić information content (AvgIpc) is 3.10. The Kier molecular flexibility index (Phi) is 5.72. The standard InChI is InChI=1S/C17H21ClN4O2/c18-13-3-1-5-15(11-13)24-10-8-20-17(23)16-6-9-22(21-16)14-4-2-7-19-12-14/h1,3,5-6,9,11,14,19H,2,4,7-8,10,12H2,(H,20,23). The summed E-state index contributed by atoms with van der Waals surface area (Å²) in [6.07, 6.45) is 4.09. The molecule has 24 heavy (non-hydrogen) atoms. The number of piperidine rings is 1. The van der Waals surface area contributed by atoms with Crippen LogP contribution >= 0.6 is 11.6 Å². The summed E-state index contributed by atoms with van der Waals surface area (Å²) < 4.78 is 7.42. The molecule has 1 saturated heterocycles. The van der Waals surface area contributed by atoms with Gasteiger partial charge in [-0.3, -0.25) is 9.48 Å². The number of aromatic nitrogens is 2. The number of ether oxygens (including phenoxy) is 1. The highest BCUT2D eigenvalue weighted by atomic mass is 35.5. The molecule has 1 atom stereocenters. The van der Waals surface area contributed by atoms with E-state index in [1.165, 1.54) is 0 Å². The van der Waals surface area contributed by atoms with Gasteiger partial charge in [0, 0.05) is 17.8 Å². The minimum absolute atomic E-state index is 0.188. The molecular formula is C17H21ClN4O2. The number of carbonyl (C=O) groups is 1. The molecule has 128 valence electrons. The molecule has 1 aromatic heterocycles. The second-order valence-corrected chi connectivity index (χ2v) is 6.18. The van der Waals surface area contributed by atoms with Crippen molar-refractivity contribution < 1.29 is 9.53 Å². The van der Waals surface area contributed by atoms with E-state index in [4.69, 9.17) is 16.3 Å². The first-order valence-corrected chi connectivity index (χ1v) is 8.52. The summed E-state index contributed by atoms with van der Waals surface area (Å²) in [5.74, 6) is 0.498. The van der Waals surface area contributed by atoms with Crippen LogP contribution in [-0.4, -0.2) is 41.9 Å². The second-order valence-electron chi connectivity index (χ2n) is 5.74. The summed E-state index contributed by atoms with van der Waals surface area (Å²) in [4.78, 5) is 12.1. The molecule has 6 nitrogen and oxygen atoms in total. The Labute approximate surface area is 146 Å². The van der Waals surface area contributed by atoms with E-state index >= 15 is 0 Å². The molecule has 2 heterocycles. The van der Waals surface area contributed by atoms with E-state index in [2.05, 4.69) is 15.7 Å². The van der Waals surface area contributed by atoms with Crippen molar-refractivity contribution in [2.24, 2.45) is 0 Å². The first-order chi connectivity index (χ1) is 11.7. The Morgan fingerprint density at radius 1 is 1.46 bits per heavy atom. The molecule has 2 N–H and O–H groups in total. The molecule has 0 aliphatic carbocycles. The van der Waals surface area contributed by atoms with Crippen LogP contribution in [0.25, 0.3) is 0 Å². The van der Waals surface area contributed by atoms with E-state index in [1.807, 2.05) is 23.0 Å². The first kappa shape index (κ1) is 16.8. The molecule has 0 bridgehead atoms. The minimum Gasteiger partial charge on any atom is -0.492 e. The molecule has 0 saturated carbocycles. The lowest BCUT2D eigenvalue weighted by Crippen LogP contribution is -2.32. The van der Waals surface area contributed by atoms with Gasteiger partial charge in [-0.2, -0.15) is 5.10 Å². The van der Waals surface area contributed by atoms with Crippen molar-refractivity contribution in [2.75, 3.05) is 26.2 Å². The van der Waals surface area contributed by atoms with Crippen LogP contribution in [0.5, 0.6) is 5.75 Å². The molecular weight excluding hydrogens is 328 g/mol. The summed E-state index contributed by atoms with van der Waals surface area (Å²) in [5.41, 5.74) is 0.434. The van der Waals surface area contributed by atoms with E-state index in [0.29, 0.717) is 35.7 Å². The van der Waals surface area contributed by atoms with Crippen molar-refractivity contribution in [3.8, 4) is 5.75 Å². The zero-order chi connectivity index (χ0) is 16.8. The summed E-state index contributed by atoms with van der Waals surface area (Å²) in [5, 5.41) is 11.2. The highest BCUT2D eigenvalue weighted by molar-refractivity contribution is 6.30. The minimum atomic E-state index is -0.188. The molecule has 0 radical (unpaired) electrons. The van der Waals surface area contributed by atoms with Crippen molar-refractivity contribution >= 4 is 17.5 Å². The fraction of sp³-hybridized carbons (Fsp3) is 0.412. The third kappa shape index (κ3) is 4.49. The van der Waals surface area contributed by atoms with Gasteiger partial charge in [-0.15, -0.1) is 0 Å². The van der Waals surface area contributed by atoms with E-state index in [-0.39, 0.29) is 5.91 Å². The molecule has 1 aliphatic rings. The Morgan fingerprint density at radius 2 is 2.38 bits per heavy atom. The van der Waals surface area contributed by atoms with E-state index < -0.39 is 0 Å². The number of benzene rings is 1. The molecule has 1 aliphatic heterocycles. The predicted molar refractivity (Wildman–Crippen MR) is 92.6 cm³/mol. The Morgan fingerprint density at radius 3 is 3.17 bits per heavy atom. The zero-order valence-corrected chi connectivity index (χ0v) is 14.1. The van der Waals surface area contributed by atoms with Crippen LogP contribution in [0.1, 0.15) is 29.4 Å². The molecule has 1 unspecified atom stereocenters. The van der Waals surface area contributed by atoms with Gasteiger partial charge in [0.15, 0.2) is 0 Å². The summed E-state index contributed by atoms with van der Waals surface area (Å²) in [6, 6.07) is 9.25. The lowest BCUT2D eigenvalue weighted by Gasteiger charge is -2.22. The molecule has 3 rings (SSSR count). The number of nitrogens with zero attached hydrogens (tertiary/aromatic N) is 2. The summed E-state index contributed by atoms with van der Waals surface area (Å²) >= 11 is 5.89. The third-order valence-corrected chi connectivity index (χ3v) is 4.17. The molecule has 2 aromatic rings. The van der Waals surface area contributed by atoms with Gasteiger partial charge in [-0.25, -0.2) is 0 Å². The van der Waals surface area contributed by atoms with E-state index in [1.54, 1.807) is 18.2 Å². The smallest absolute Gasteiger partial charge is 0.271 e. The normalized spacial score (nSPS) is 17.5. The third-order valence-electron chi connectivity index (χ3n) is 3.94. The Balaban J connectivity index is 1.44. The fourth-order valence-corrected chi connectivity index (χ4v) is 2.88. The quantitative estimate of drug-likeness (QED) is 0.786.